The van der Waals surface area contributed by atoms with Crippen LogP contribution in [0.25, 0.3) is 43.1 Å². The summed E-state index contributed by atoms with van der Waals surface area (Å²) in [4.78, 5) is 15.5. The Hall–Kier alpha value is -7.63. The lowest BCUT2D eigenvalue weighted by Gasteiger charge is -2.28. The zero-order valence-electron chi connectivity index (χ0n) is 37.8. The van der Waals surface area contributed by atoms with E-state index < -0.39 is 22.6 Å². The Morgan fingerprint density at radius 1 is 0.353 bits per heavy atom. The maximum Gasteiger partial charge on any atom is 0.530 e. The van der Waals surface area contributed by atoms with Gasteiger partial charge in [0, 0.05) is 27.1 Å². The highest BCUT2D eigenvalue weighted by atomic mass is 31.2. The van der Waals surface area contributed by atoms with Gasteiger partial charge in [-0.3, -0.25) is 4.79 Å². The van der Waals surface area contributed by atoms with Crippen molar-refractivity contribution in [2.24, 2.45) is 0 Å². The molecule has 336 valence electrons. The number of rotatable bonds is 15. The van der Waals surface area contributed by atoms with Crippen LogP contribution in [0, 0.1) is 0 Å². The molecule has 68 heavy (non-hydrogen) atoms. The summed E-state index contributed by atoms with van der Waals surface area (Å²) in [5.74, 6) is 2.94. The van der Waals surface area contributed by atoms with E-state index in [2.05, 4.69) is 0 Å². The minimum Gasteiger partial charge on any atom is -0.496 e. The SMILES string of the molecule is COc1ccc(C(=O)c2ccccc2OP(Oc2cccc3ccccc23)Oc2cccc3ccccc23)c(OP(Oc2cccc3ccccc23)Oc2cccc3ccccc23)c1C(C)(C)C. The number of methoxy groups -OCH3 is 1. The van der Waals surface area contributed by atoms with Gasteiger partial charge < -0.3 is 31.9 Å². The average molecular weight is 933 g/mol. The molecule has 0 fully saturated rings. The first-order valence-corrected chi connectivity index (χ1v) is 24.4. The summed E-state index contributed by atoms with van der Waals surface area (Å²) in [7, 11) is -2.93. The molecule has 0 saturated carbocycles. The number of carbonyl (C=O) groups excluding carboxylic acids is 1. The second kappa shape index (κ2) is 19.3. The Bertz CT molecular complexity index is 3270. The Kier molecular flexibility index (Phi) is 12.6. The highest BCUT2D eigenvalue weighted by Crippen LogP contribution is 2.52. The number of ketones is 1. The Morgan fingerprint density at radius 3 is 1.10 bits per heavy atom. The molecule has 0 heterocycles. The standard InChI is InChI=1S/C58H46O8P2/c1-58(2,3)55-54(60-4)38-37-48(57(55)66-68(63-51-35-17-25-41-21-7-11-29-45(41)51)64-52-36-18-26-42-22-8-12-30-46(42)52)56(59)47-31-13-14-32-53(47)65-67(61-49-33-15-23-39-19-5-9-27-43(39)49)62-50-34-16-24-40-20-6-10-28-44(40)50/h5-38H,1-4H3. The number of hydrogen-bond donors (Lipinski definition) is 0. The van der Waals surface area contributed by atoms with Crippen molar-refractivity contribution in [1.29, 1.82) is 0 Å². The molecule has 0 aliphatic heterocycles. The topological polar surface area (TPSA) is 81.7 Å². The molecule has 0 radical (unpaired) electrons. The fourth-order valence-electron chi connectivity index (χ4n) is 8.29. The maximum atomic E-state index is 15.5. The van der Waals surface area contributed by atoms with Crippen molar-refractivity contribution in [1.82, 2.24) is 0 Å². The monoisotopic (exact) mass is 932 g/mol. The van der Waals surface area contributed by atoms with Crippen LogP contribution in [-0.2, 0) is 5.41 Å². The third kappa shape index (κ3) is 9.22. The van der Waals surface area contributed by atoms with Gasteiger partial charge in [0.15, 0.2) is 0 Å². The molecule has 10 aromatic carbocycles. The van der Waals surface area contributed by atoms with E-state index in [9.17, 15) is 0 Å². The molecule has 0 spiro atoms. The van der Waals surface area contributed by atoms with Gasteiger partial charge in [0.2, 0.25) is 5.78 Å². The van der Waals surface area contributed by atoms with Gasteiger partial charge in [0.25, 0.3) is 0 Å². The zero-order chi connectivity index (χ0) is 46.6. The fraction of sp³-hybridized carbons (Fsp3) is 0.0862. The van der Waals surface area contributed by atoms with Gasteiger partial charge in [-0.25, -0.2) is 0 Å². The predicted molar refractivity (Wildman–Crippen MR) is 275 cm³/mol. The van der Waals surface area contributed by atoms with Gasteiger partial charge in [-0.15, -0.1) is 0 Å². The summed E-state index contributed by atoms with van der Waals surface area (Å²) in [5, 5.41) is 7.51. The number of benzene rings is 10. The Labute approximate surface area is 397 Å². The second-order valence-corrected chi connectivity index (χ2v) is 19.0. The summed E-state index contributed by atoms with van der Waals surface area (Å²) < 4.78 is 47.0. The lowest BCUT2D eigenvalue weighted by atomic mass is 9.83. The van der Waals surface area contributed by atoms with E-state index in [0.29, 0.717) is 34.3 Å². The second-order valence-electron chi connectivity index (χ2n) is 17.0. The van der Waals surface area contributed by atoms with Crippen LogP contribution in [0.15, 0.2) is 206 Å². The Morgan fingerprint density at radius 2 is 0.691 bits per heavy atom. The van der Waals surface area contributed by atoms with E-state index in [-0.39, 0.29) is 28.4 Å². The number of ether oxygens (including phenoxy) is 1. The molecule has 0 unspecified atom stereocenters. The molecule has 0 saturated heterocycles. The van der Waals surface area contributed by atoms with Crippen LogP contribution in [0.1, 0.15) is 42.3 Å². The molecule has 10 aromatic rings. The van der Waals surface area contributed by atoms with Gasteiger partial charge in [0.1, 0.15) is 40.2 Å². The highest BCUT2D eigenvalue weighted by molar-refractivity contribution is 7.43. The third-order valence-corrected chi connectivity index (χ3v) is 13.6. The Balaban J connectivity index is 1.07. The van der Waals surface area contributed by atoms with Gasteiger partial charge in [-0.2, -0.15) is 0 Å². The first-order valence-electron chi connectivity index (χ1n) is 22.2. The molecule has 8 nitrogen and oxygen atoms in total. The van der Waals surface area contributed by atoms with Crippen molar-refractivity contribution in [3.05, 3.63) is 223 Å². The molecule has 10 heteroatoms. The number of fused-ring (bicyclic) bond motifs is 4. The van der Waals surface area contributed by atoms with Crippen molar-refractivity contribution in [2.45, 2.75) is 26.2 Å². The van der Waals surface area contributed by atoms with E-state index in [1.807, 2.05) is 197 Å². The summed E-state index contributed by atoms with van der Waals surface area (Å²) in [6, 6.07) is 65.9. The minimum atomic E-state index is -2.31. The lowest BCUT2D eigenvalue weighted by Crippen LogP contribution is -2.18. The highest BCUT2D eigenvalue weighted by Gasteiger charge is 2.35. The number of para-hydroxylation sites is 1. The molecule has 0 aliphatic carbocycles. The van der Waals surface area contributed by atoms with Crippen molar-refractivity contribution >= 4 is 66.1 Å². The molecule has 0 amide bonds. The predicted octanol–water partition coefficient (Wildman–Crippen LogP) is 16.4. The van der Waals surface area contributed by atoms with E-state index in [4.69, 9.17) is 31.9 Å². The smallest absolute Gasteiger partial charge is 0.496 e. The van der Waals surface area contributed by atoms with Crippen LogP contribution in [0.3, 0.4) is 0 Å². The van der Waals surface area contributed by atoms with E-state index in [1.165, 1.54) is 0 Å². The van der Waals surface area contributed by atoms with Gasteiger partial charge >= 0.3 is 17.2 Å². The molecular formula is C58H46O8P2. The normalized spacial score (nSPS) is 11.6. The third-order valence-electron chi connectivity index (χ3n) is 11.5. The number of carbonyl (C=O) groups is 1. The van der Waals surface area contributed by atoms with E-state index >= 15 is 4.79 Å². The van der Waals surface area contributed by atoms with Crippen LogP contribution in [0.2, 0.25) is 0 Å². The molecule has 0 N–H and O–H groups in total. The van der Waals surface area contributed by atoms with Crippen molar-refractivity contribution in [3.8, 4) is 40.2 Å². The van der Waals surface area contributed by atoms with Crippen LogP contribution in [0.5, 0.6) is 40.2 Å². The first-order chi connectivity index (χ1) is 33.2. The van der Waals surface area contributed by atoms with E-state index in [0.717, 1.165) is 43.1 Å². The average Bonchev–Trinajstić information content (AvgIpc) is 3.36. The maximum absolute atomic E-state index is 15.5. The molecule has 0 aromatic heterocycles. The van der Waals surface area contributed by atoms with Crippen molar-refractivity contribution in [2.75, 3.05) is 7.11 Å². The fourth-order valence-corrected chi connectivity index (χ4v) is 10.4. The quantitative estimate of drug-likeness (QED) is 0.0743. The lowest BCUT2D eigenvalue weighted by molar-refractivity contribution is 0.103. The minimum absolute atomic E-state index is 0.247. The van der Waals surface area contributed by atoms with Crippen molar-refractivity contribution in [3.63, 3.8) is 0 Å². The van der Waals surface area contributed by atoms with Crippen LogP contribution in [-0.4, -0.2) is 12.9 Å². The molecule has 10 rings (SSSR count). The van der Waals surface area contributed by atoms with Crippen LogP contribution in [0.4, 0.5) is 0 Å². The molecular weight excluding hydrogens is 887 g/mol. The van der Waals surface area contributed by atoms with Gasteiger partial charge in [-0.05, 0) is 75.5 Å². The molecule has 0 aliphatic rings. The summed E-state index contributed by atoms with van der Waals surface area (Å²) >= 11 is 0. The zero-order valence-corrected chi connectivity index (χ0v) is 39.6. The summed E-state index contributed by atoms with van der Waals surface area (Å²) in [6.45, 7) is 6.14. The summed E-state index contributed by atoms with van der Waals surface area (Å²) in [5.41, 5.74) is 0.559. The van der Waals surface area contributed by atoms with E-state index in [1.54, 1.807) is 37.4 Å². The molecule has 0 bridgehead atoms. The van der Waals surface area contributed by atoms with Crippen LogP contribution < -0.4 is 31.9 Å². The largest absolute Gasteiger partial charge is 0.530 e. The molecule has 0 atom stereocenters. The summed E-state index contributed by atoms with van der Waals surface area (Å²) in [6.07, 6.45) is 0. The first kappa shape index (κ1) is 44.2. The van der Waals surface area contributed by atoms with Gasteiger partial charge in [-0.1, -0.05) is 178 Å². The van der Waals surface area contributed by atoms with Crippen LogP contribution >= 0.6 is 17.2 Å². The van der Waals surface area contributed by atoms with Crippen molar-refractivity contribution < 1.29 is 36.7 Å². The van der Waals surface area contributed by atoms with Gasteiger partial charge in [0.05, 0.1) is 18.2 Å². The number of hydrogen-bond acceptors (Lipinski definition) is 8.